The highest BCUT2D eigenvalue weighted by atomic mass is 35.5. The Morgan fingerprint density at radius 2 is 1.59 bits per heavy atom. The second-order valence-electron chi connectivity index (χ2n) is 6.28. The molecule has 1 aromatic rings. The summed E-state index contributed by atoms with van der Waals surface area (Å²) < 4.78 is 10.1. The number of rotatable bonds is 9. The van der Waals surface area contributed by atoms with E-state index >= 15 is 0 Å². The topological polar surface area (TPSA) is 71.1 Å². The molecule has 1 heterocycles. The number of ether oxygens (including phenoxy) is 2. The number of carbonyl (C=O) groups excluding carboxylic acids is 2. The molecule has 0 atom stereocenters. The lowest BCUT2D eigenvalue weighted by atomic mass is 10.1. The Morgan fingerprint density at radius 1 is 1.00 bits per heavy atom. The number of nitrogens with zero attached hydrogens (tertiary/aromatic N) is 2. The zero-order chi connectivity index (χ0) is 18.8. The van der Waals surface area contributed by atoms with Crippen molar-refractivity contribution in [2.75, 3.05) is 60.1 Å². The van der Waals surface area contributed by atoms with E-state index in [9.17, 15) is 9.59 Å². The van der Waals surface area contributed by atoms with Crippen LogP contribution in [0, 0.1) is 0 Å². The second-order valence-corrected chi connectivity index (χ2v) is 6.28. The summed E-state index contributed by atoms with van der Waals surface area (Å²) >= 11 is 0. The molecule has 1 aliphatic rings. The molecule has 0 bridgehead atoms. The highest BCUT2D eigenvalue weighted by molar-refractivity contribution is 5.85. The molecule has 0 spiro atoms. The van der Waals surface area contributed by atoms with Crippen LogP contribution in [0.1, 0.15) is 12.0 Å². The number of amides is 2. The summed E-state index contributed by atoms with van der Waals surface area (Å²) in [6, 6.07) is 7.79. The van der Waals surface area contributed by atoms with Gasteiger partial charge in [0.25, 0.3) is 0 Å². The van der Waals surface area contributed by atoms with Crippen LogP contribution in [-0.2, 0) is 20.7 Å². The van der Waals surface area contributed by atoms with Crippen molar-refractivity contribution in [2.24, 2.45) is 0 Å². The highest BCUT2D eigenvalue weighted by Gasteiger charge is 2.23. The van der Waals surface area contributed by atoms with Crippen LogP contribution in [0.5, 0.6) is 5.75 Å². The van der Waals surface area contributed by atoms with Crippen molar-refractivity contribution in [1.29, 1.82) is 0 Å². The average Bonchev–Trinajstić information content (AvgIpc) is 2.69. The number of halogens is 1. The highest BCUT2D eigenvalue weighted by Crippen LogP contribution is 2.13. The van der Waals surface area contributed by atoms with Crippen LogP contribution in [-0.4, -0.2) is 81.7 Å². The second kappa shape index (κ2) is 12.5. The molecule has 27 heavy (non-hydrogen) atoms. The van der Waals surface area contributed by atoms with Crippen LogP contribution in [0.2, 0.25) is 0 Å². The van der Waals surface area contributed by atoms with Gasteiger partial charge in [0.2, 0.25) is 11.8 Å². The summed E-state index contributed by atoms with van der Waals surface area (Å²) in [6.45, 7) is 3.96. The molecule has 1 saturated heterocycles. The van der Waals surface area contributed by atoms with Gasteiger partial charge in [0, 0.05) is 46.3 Å². The lowest BCUT2D eigenvalue weighted by Crippen LogP contribution is -2.52. The average molecular weight is 400 g/mol. The van der Waals surface area contributed by atoms with E-state index in [1.54, 1.807) is 14.2 Å². The van der Waals surface area contributed by atoms with E-state index in [-0.39, 0.29) is 24.2 Å². The van der Waals surface area contributed by atoms with Gasteiger partial charge in [0.05, 0.1) is 20.3 Å². The summed E-state index contributed by atoms with van der Waals surface area (Å²) in [7, 11) is 3.27. The minimum atomic E-state index is 0. The Morgan fingerprint density at radius 3 is 2.15 bits per heavy atom. The fourth-order valence-corrected chi connectivity index (χ4v) is 2.89. The fourth-order valence-electron chi connectivity index (χ4n) is 2.89. The van der Waals surface area contributed by atoms with Crippen molar-refractivity contribution in [3.05, 3.63) is 29.8 Å². The van der Waals surface area contributed by atoms with Gasteiger partial charge >= 0.3 is 0 Å². The summed E-state index contributed by atoms with van der Waals surface area (Å²) in [5, 5.41) is 3.06. The molecule has 1 N–H and O–H groups in total. The first-order valence-corrected chi connectivity index (χ1v) is 9.02. The number of nitrogens with one attached hydrogen (secondary N) is 1. The van der Waals surface area contributed by atoms with E-state index in [0.29, 0.717) is 58.7 Å². The van der Waals surface area contributed by atoms with Crippen molar-refractivity contribution < 1.29 is 19.1 Å². The van der Waals surface area contributed by atoms with Crippen LogP contribution in [0.25, 0.3) is 0 Å². The van der Waals surface area contributed by atoms with E-state index in [1.165, 1.54) is 0 Å². The third kappa shape index (κ3) is 7.74. The Kier molecular flexibility index (Phi) is 10.8. The normalized spacial score (nSPS) is 13.9. The first-order valence-electron chi connectivity index (χ1n) is 9.02. The molecular formula is C19H30ClN3O4. The maximum Gasteiger partial charge on any atom is 0.236 e. The number of methoxy groups -OCH3 is 2. The van der Waals surface area contributed by atoms with Crippen molar-refractivity contribution >= 4 is 24.2 Å². The molecule has 8 heteroatoms. The third-order valence-corrected chi connectivity index (χ3v) is 4.53. The van der Waals surface area contributed by atoms with Gasteiger partial charge < -0.3 is 24.6 Å². The predicted molar refractivity (Wildman–Crippen MR) is 106 cm³/mol. The van der Waals surface area contributed by atoms with Gasteiger partial charge in [-0.2, -0.15) is 0 Å². The first-order chi connectivity index (χ1) is 12.6. The van der Waals surface area contributed by atoms with Gasteiger partial charge in [0.1, 0.15) is 5.75 Å². The number of hydrogen-bond donors (Lipinski definition) is 1. The van der Waals surface area contributed by atoms with Gasteiger partial charge in [-0.1, -0.05) is 12.1 Å². The van der Waals surface area contributed by atoms with Gasteiger partial charge in [-0.15, -0.1) is 12.4 Å². The molecule has 2 rings (SSSR count). The molecule has 7 nitrogen and oxygen atoms in total. The van der Waals surface area contributed by atoms with Crippen molar-refractivity contribution in [3.63, 3.8) is 0 Å². The molecule has 0 unspecified atom stereocenters. The minimum absolute atomic E-state index is 0. The largest absolute Gasteiger partial charge is 0.497 e. The number of aryl methyl sites for hydroxylation is 1. The summed E-state index contributed by atoms with van der Waals surface area (Å²) in [4.78, 5) is 28.2. The number of hydrogen-bond acceptors (Lipinski definition) is 5. The maximum atomic E-state index is 12.4. The lowest BCUT2D eigenvalue weighted by Gasteiger charge is -2.35. The molecule has 1 fully saturated rings. The number of carbonyl (C=O) groups is 2. The Hall–Kier alpha value is -1.83. The van der Waals surface area contributed by atoms with Crippen LogP contribution in [0.4, 0.5) is 0 Å². The van der Waals surface area contributed by atoms with E-state index < -0.39 is 0 Å². The first kappa shape index (κ1) is 23.2. The number of benzene rings is 1. The molecule has 1 aliphatic heterocycles. The third-order valence-electron chi connectivity index (χ3n) is 4.53. The van der Waals surface area contributed by atoms with E-state index in [0.717, 1.165) is 11.3 Å². The zero-order valence-corrected chi connectivity index (χ0v) is 16.9. The monoisotopic (exact) mass is 399 g/mol. The van der Waals surface area contributed by atoms with Crippen molar-refractivity contribution in [3.8, 4) is 5.75 Å². The molecule has 0 aliphatic carbocycles. The van der Waals surface area contributed by atoms with E-state index in [4.69, 9.17) is 9.47 Å². The van der Waals surface area contributed by atoms with Gasteiger partial charge in [-0.05, 0) is 24.1 Å². The summed E-state index contributed by atoms with van der Waals surface area (Å²) in [5.41, 5.74) is 1.12. The summed E-state index contributed by atoms with van der Waals surface area (Å²) in [6.07, 6.45) is 1.20. The Balaban J connectivity index is 0.00000364. The van der Waals surface area contributed by atoms with Gasteiger partial charge in [-0.25, -0.2) is 0 Å². The Labute approximate surface area is 167 Å². The molecule has 152 valence electrons. The summed E-state index contributed by atoms with van der Waals surface area (Å²) in [5.74, 6) is 1.04. The standard InChI is InChI=1S/C19H29N3O4.ClH/c1-25-14-9-20-15-19(24)22-12-10-21(11-13-22)18(23)8-5-16-3-6-17(26-2)7-4-16;/h3-4,6-7,20H,5,8-15H2,1-2H3;1H. The van der Waals surface area contributed by atoms with Crippen LogP contribution >= 0.6 is 12.4 Å². The quantitative estimate of drug-likeness (QED) is 0.626. The van der Waals surface area contributed by atoms with Crippen LogP contribution in [0.15, 0.2) is 24.3 Å². The minimum Gasteiger partial charge on any atom is -0.497 e. The molecule has 1 aromatic carbocycles. The predicted octanol–water partition coefficient (Wildman–Crippen LogP) is 0.956. The molecule has 0 saturated carbocycles. The molecular weight excluding hydrogens is 370 g/mol. The SMILES string of the molecule is COCCNCC(=O)N1CCN(C(=O)CCc2ccc(OC)cc2)CC1.Cl. The van der Waals surface area contributed by atoms with Gasteiger partial charge in [0.15, 0.2) is 0 Å². The molecule has 2 amide bonds. The van der Waals surface area contributed by atoms with Gasteiger partial charge in [-0.3, -0.25) is 9.59 Å². The fraction of sp³-hybridized carbons (Fsp3) is 0.579. The number of piperazine rings is 1. The van der Waals surface area contributed by atoms with Crippen LogP contribution < -0.4 is 10.1 Å². The van der Waals surface area contributed by atoms with E-state index in [1.807, 2.05) is 34.1 Å². The molecule has 0 aromatic heterocycles. The van der Waals surface area contributed by atoms with Crippen molar-refractivity contribution in [2.45, 2.75) is 12.8 Å². The Bertz CT molecular complexity index is 575. The van der Waals surface area contributed by atoms with Crippen LogP contribution in [0.3, 0.4) is 0 Å². The maximum absolute atomic E-state index is 12.4. The smallest absolute Gasteiger partial charge is 0.236 e. The van der Waals surface area contributed by atoms with Crippen molar-refractivity contribution in [1.82, 2.24) is 15.1 Å². The zero-order valence-electron chi connectivity index (χ0n) is 16.1. The van der Waals surface area contributed by atoms with E-state index in [2.05, 4.69) is 5.32 Å². The molecule has 0 radical (unpaired) electrons. The lowest BCUT2D eigenvalue weighted by molar-refractivity contribution is -0.139.